The largest absolute Gasteiger partial charge is 0.302 e. The molecule has 0 fully saturated rings. The van der Waals surface area contributed by atoms with Crippen molar-refractivity contribution in [1.29, 1.82) is 0 Å². The van der Waals surface area contributed by atoms with Gasteiger partial charge in [0, 0.05) is 17.6 Å². The van der Waals surface area contributed by atoms with Gasteiger partial charge >= 0.3 is 0 Å². The summed E-state index contributed by atoms with van der Waals surface area (Å²) in [5.74, 6) is -0.597. The van der Waals surface area contributed by atoms with Crippen LogP contribution in [-0.2, 0) is 0 Å². The standard InChI is InChI=1S/C15H16F2N2/c1-10(13-5-3-4-6-14(13)17)19-11(2)15-8-7-12(16)9-18-15/h3-11,19H,1-2H3. The summed E-state index contributed by atoms with van der Waals surface area (Å²) in [6, 6.07) is 9.41. The predicted molar refractivity (Wildman–Crippen MR) is 70.6 cm³/mol. The molecule has 19 heavy (non-hydrogen) atoms. The summed E-state index contributed by atoms with van der Waals surface area (Å²) in [5.41, 5.74) is 1.33. The lowest BCUT2D eigenvalue weighted by Gasteiger charge is -2.20. The van der Waals surface area contributed by atoms with Gasteiger partial charge in [-0.15, -0.1) is 0 Å². The van der Waals surface area contributed by atoms with E-state index in [-0.39, 0.29) is 23.7 Å². The highest BCUT2D eigenvalue weighted by molar-refractivity contribution is 5.21. The molecule has 1 N–H and O–H groups in total. The van der Waals surface area contributed by atoms with Gasteiger partial charge < -0.3 is 5.32 Å². The van der Waals surface area contributed by atoms with Crippen LogP contribution in [0.25, 0.3) is 0 Å². The predicted octanol–water partition coefficient (Wildman–Crippen LogP) is 3.77. The number of hydrogen-bond acceptors (Lipinski definition) is 2. The van der Waals surface area contributed by atoms with Crippen molar-refractivity contribution in [1.82, 2.24) is 10.3 Å². The second-order valence-corrected chi connectivity index (χ2v) is 4.53. The summed E-state index contributed by atoms with van der Waals surface area (Å²) in [6.07, 6.45) is 1.18. The first-order chi connectivity index (χ1) is 9.08. The minimum atomic E-state index is -0.363. The number of nitrogens with zero attached hydrogens (tertiary/aromatic N) is 1. The number of pyridine rings is 1. The Labute approximate surface area is 111 Å². The van der Waals surface area contributed by atoms with E-state index in [1.165, 1.54) is 18.3 Å². The lowest BCUT2D eigenvalue weighted by Crippen LogP contribution is -2.23. The zero-order chi connectivity index (χ0) is 13.8. The maximum atomic E-state index is 13.6. The number of halogens is 2. The third-order valence-corrected chi connectivity index (χ3v) is 3.07. The van der Waals surface area contributed by atoms with Gasteiger partial charge in [0.1, 0.15) is 11.6 Å². The van der Waals surface area contributed by atoms with Gasteiger partial charge in [-0.1, -0.05) is 18.2 Å². The van der Waals surface area contributed by atoms with Crippen LogP contribution in [0.3, 0.4) is 0 Å². The van der Waals surface area contributed by atoms with Crippen LogP contribution < -0.4 is 5.32 Å². The highest BCUT2D eigenvalue weighted by Gasteiger charge is 2.14. The molecule has 0 saturated heterocycles. The molecule has 1 aromatic heterocycles. The van der Waals surface area contributed by atoms with E-state index >= 15 is 0 Å². The van der Waals surface area contributed by atoms with Crippen LogP contribution in [0.2, 0.25) is 0 Å². The Morgan fingerprint density at radius 1 is 1.00 bits per heavy atom. The molecule has 0 spiro atoms. The summed E-state index contributed by atoms with van der Waals surface area (Å²) < 4.78 is 26.4. The van der Waals surface area contributed by atoms with Gasteiger partial charge in [-0.05, 0) is 32.0 Å². The minimum absolute atomic E-state index is 0.0878. The Morgan fingerprint density at radius 3 is 2.37 bits per heavy atom. The molecule has 0 bridgehead atoms. The van der Waals surface area contributed by atoms with Crippen molar-refractivity contribution in [3.8, 4) is 0 Å². The van der Waals surface area contributed by atoms with Gasteiger partial charge in [-0.3, -0.25) is 4.98 Å². The van der Waals surface area contributed by atoms with E-state index in [1.807, 2.05) is 13.8 Å². The highest BCUT2D eigenvalue weighted by Crippen LogP contribution is 2.20. The van der Waals surface area contributed by atoms with E-state index in [1.54, 1.807) is 24.3 Å². The van der Waals surface area contributed by atoms with Crippen molar-refractivity contribution in [3.63, 3.8) is 0 Å². The number of aromatic nitrogens is 1. The van der Waals surface area contributed by atoms with E-state index in [2.05, 4.69) is 10.3 Å². The molecule has 0 aliphatic heterocycles. The first-order valence-electron chi connectivity index (χ1n) is 6.20. The van der Waals surface area contributed by atoms with Gasteiger partial charge in [-0.25, -0.2) is 8.78 Å². The van der Waals surface area contributed by atoms with Gasteiger partial charge in [0.25, 0.3) is 0 Å². The molecular weight excluding hydrogens is 246 g/mol. The first-order valence-corrected chi connectivity index (χ1v) is 6.20. The maximum Gasteiger partial charge on any atom is 0.141 e. The topological polar surface area (TPSA) is 24.9 Å². The third-order valence-electron chi connectivity index (χ3n) is 3.07. The first kappa shape index (κ1) is 13.6. The summed E-state index contributed by atoms with van der Waals surface area (Å²) in [6.45, 7) is 3.80. The van der Waals surface area contributed by atoms with Crippen LogP contribution in [-0.4, -0.2) is 4.98 Å². The molecule has 1 heterocycles. The molecule has 0 radical (unpaired) electrons. The van der Waals surface area contributed by atoms with Crippen molar-refractivity contribution in [2.24, 2.45) is 0 Å². The fraction of sp³-hybridized carbons (Fsp3) is 0.267. The molecular formula is C15H16F2N2. The maximum absolute atomic E-state index is 13.6. The molecule has 2 rings (SSSR count). The Morgan fingerprint density at radius 2 is 1.74 bits per heavy atom. The van der Waals surface area contributed by atoms with Crippen LogP contribution in [0.1, 0.15) is 37.2 Å². The van der Waals surface area contributed by atoms with E-state index in [4.69, 9.17) is 0 Å². The summed E-state index contributed by atoms with van der Waals surface area (Å²) in [5, 5.41) is 3.25. The zero-order valence-corrected chi connectivity index (χ0v) is 10.9. The molecule has 0 aliphatic rings. The summed E-state index contributed by atoms with van der Waals surface area (Å²) >= 11 is 0. The molecule has 1 aromatic carbocycles. The Hall–Kier alpha value is -1.81. The van der Waals surface area contributed by atoms with Crippen LogP contribution in [0.4, 0.5) is 8.78 Å². The molecule has 4 heteroatoms. The number of benzene rings is 1. The highest BCUT2D eigenvalue weighted by atomic mass is 19.1. The Kier molecular flexibility index (Phi) is 4.22. The normalized spacial score (nSPS) is 14.1. The molecule has 100 valence electrons. The SMILES string of the molecule is CC(NC(C)c1ccccc1F)c1ccc(F)cn1. The molecule has 0 saturated carbocycles. The number of nitrogens with one attached hydrogen (secondary N) is 1. The molecule has 0 aliphatic carbocycles. The van der Waals surface area contributed by atoms with Crippen molar-refractivity contribution in [2.75, 3.05) is 0 Å². The van der Waals surface area contributed by atoms with Gasteiger partial charge in [0.15, 0.2) is 0 Å². The molecule has 2 atom stereocenters. The van der Waals surface area contributed by atoms with Crippen molar-refractivity contribution in [2.45, 2.75) is 25.9 Å². The zero-order valence-electron chi connectivity index (χ0n) is 10.9. The lowest BCUT2D eigenvalue weighted by molar-refractivity contribution is 0.466. The van der Waals surface area contributed by atoms with Gasteiger partial charge in [0.2, 0.25) is 0 Å². The summed E-state index contributed by atoms with van der Waals surface area (Å²) in [7, 11) is 0. The van der Waals surface area contributed by atoms with Crippen LogP contribution in [0.5, 0.6) is 0 Å². The average molecular weight is 262 g/mol. The fourth-order valence-electron chi connectivity index (χ4n) is 2.02. The van der Waals surface area contributed by atoms with E-state index in [0.29, 0.717) is 5.56 Å². The molecule has 0 amide bonds. The second-order valence-electron chi connectivity index (χ2n) is 4.53. The Balaban J connectivity index is 2.08. The quantitative estimate of drug-likeness (QED) is 0.907. The van der Waals surface area contributed by atoms with Crippen LogP contribution in [0, 0.1) is 11.6 Å². The monoisotopic (exact) mass is 262 g/mol. The second kappa shape index (κ2) is 5.89. The van der Waals surface area contributed by atoms with Crippen molar-refractivity contribution in [3.05, 3.63) is 65.5 Å². The summed E-state index contributed by atoms with van der Waals surface area (Å²) in [4.78, 5) is 4.02. The van der Waals surface area contributed by atoms with Crippen molar-refractivity contribution >= 4 is 0 Å². The van der Waals surface area contributed by atoms with Gasteiger partial charge in [-0.2, -0.15) is 0 Å². The Bertz CT molecular complexity index is 540. The lowest BCUT2D eigenvalue weighted by atomic mass is 10.1. The average Bonchev–Trinajstić information content (AvgIpc) is 2.39. The fourth-order valence-corrected chi connectivity index (χ4v) is 2.02. The molecule has 2 unspecified atom stereocenters. The van der Waals surface area contributed by atoms with Gasteiger partial charge in [0.05, 0.1) is 11.9 Å². The number of hydrogen-bond donors (Lipinski definition) is 1. The number of rotatable bonds is 4. The minimum Gasteiger partial charge on any atom is -0.302 e. The smallest absolute Gasteiger partial charge is 0.141 e. The van der Waals surface area contributed by atoms with Crippen molar-refractivity contribution < 1.29 is 8.78 Å². The van der Waals surface area contributed by atoms with Crippen LogP contribution >= 0.6 is 0 Å². The van der Waals surface area contributed by atoms with E-state index < -0.39 is 0 Å². The van der Waals surface area contributed by atoms with E-state index in [0.717, 1.165) is 5.69 Å². The molecule has 2 nitrogen and oxygen atoms in total. The van der Waals surface area contributed by atoms with Crippen LogP contribution in [0.15, 0.2) is 42.6 Å². The molecule has 2 aromatic rings. The third kappa shape index (κ3) is 3.35. The van der Waals surface area contributed by atoms with E-state index in [9.17, 15) is 8.78 Å².